The predicted octanol–water partition coefficient (Wildman–Crippen LogP) is 5.54. The van der Waals surface area contributed by atoms with Gasteiger partial charge in [0.2, 0.25) is 5.91 Å². The van der Waals surface area contributed by atoms with Crippen LogP contribution in [0.4, 0.5) is 11.4 Å². The highest BCUT2D eigenvalue weighted by Crippen LogP contribution is 2.32. The fourth-order valence-corrected chi connectivity index (χ4v) is 6.81. The molecular weight excluding hydrogens is 601 g/mol. The number of methoxy groups -OCH3 is 1. The Labute approximate surface area is 253 Å². The van der Waals surface area contributed by atoms with Crippen molar-refractivity contribution >= 4 is 67.5 Å². The Morgan fingerprint density at radius 3 is 2.48 bits per heavy atom. The molecule has 0 spiro atoms. The number of carbonyl (C=O) groups is 2. The number of nitrogens with zero attached hydrogens (tertiary/aromatic N) is 3. The largest absolute Gasteiger partial charge is 0.465 e. The van der Waals surface area contributed by atoms with Crippen LogP contribution in [-0.4, -0.2) is 60.5 Å². The first kappa shape index (κ1) is 29.7. The maximum Gasteiger partial charge on any atom is 0.341 e. The Morgan fingerprint density at radius 2 is 1.79 bits per heavy atom. The Bertz CT molecular complexity index is 1740. The molecule has 2 N–H and O–H groups in total. The number of rotatable bonds is 8. The molecule has 0 saturated carbocycles. The number of ether oxygens (including phenoxy) is 1. The number of nitrogens with one attached hydrogen (secondary N) is 2. The van der Waals surface area contributed by atoms with Gasteiger partial charge in [0.1, 0.15) is 11.7 Å². The molecule has 0 bridgehead atoms. The van der Waals surface area contributed by atoms with Gasteiger partial charge in [-0.15, -0.1) is 0 Å². The summed E-state index contributed by atoms with van der Waals surface area (Å²) in [6, 6.07) is 13.1. The maximum absolute atomic E-state index is 13.5. The molecule has 2 aromatic carbocycles. The van der Waals surface area contributed by atoms with Crippen LogP contribution in [0.2, 0.25) is 10.0 Å². The number of carbonyl (C=O) groups excluding carboxylic acids is 2. The predicted molar refractivity (Wildman–Crippen MR) is 163 cm³/mol. The zero-order valence-electron chi connectivity index (χ0n) is 22.9. The Balaban J connectivity index is 1.47. The van der Waals surface area contributed by atoms with E-state index in [4.69, 9.17) is 27.9 Å². The zero-order valence-corrected chi connectivity index (χ0v) is 25.3. The molecule has 5 rings (SSSR count). The zero-order chi connectivity index (χ0) is 30.0. The van der Waals surface area contributed by atoms with E-state index in [0.717, 1.165) is 22.4 Å². The van der Waals surface area contributed by atoms with Crippen LogP contribution < -0.4 is 10.6 Å². The summed E-state index contributed by atoms with van der Waals surface area (Å²) in [7, 11) is -2.72. The van der Waals surface area contributed by atoms with E-state index in [-0.39, 0.29) is 28.6 Å². The summed E-state index contributed by atoms with van der Waals surface area (Å²) in [6.07, 6.45) is 4.50. The van der Waals surface area contributed by atoms with Gasteiger partial charge < -0.3 is 20.3 Å². The van der Waals surface area contributed by atoms with E-state index in [2.05, 4.69) is 15.6 Å². The van der Waals surface area contributed by atoms with E-state index in [9.17, 15) is 18.0 Å². The van der Waals surface area contributed by atoms with Crippen LogP contribution >= 0.6 is 23.2 Å². The van der Waals surface area contributed by atoms with Crippen molar-refractivity contribution < 1.29 is 22.7 Å². The van der Waals surface area contributed by atoms with Crippen molar-refractivity contribution in [3.05, 3.63) is 82.1 Å². The molecule has 2 aromatic heterocycles. The van der Waals surface area contributed by atoms with Gasteiger partial charge in [-0.2, -0.15) is 0 Å². The van der Waals surface area contributed by atoms with Gasteiger partial charge in [-0.25, -0.2) is 22.2 Å². The number of aryl methyl sites for hydroxylation is 1. The number of hydrogen-bond donors (Lipinski definition) is 2. The lowest BCUT2D eigenvalue weighted by Crippen LogP contribution is -2.50. The first-order valence-electron chi connectivity index (χ1n) is 13.2. The lowest BCUT2D eigenvalue weighted by Gasteiger charge is -2.37. The van der Waals surface area contributed by atoms with E-state index in [1.807, 2.05) is 6.92 Å². The summed E-state index contributed by atoms with van der Waals surface area (Å²) in [6.45, 7) is 2.37. The smallest absolute Gasteiger partial charge is 0.341 e. The number of likely N-dealkylation sites (tertiary alicyclic amines) is 1. The van der Waals surface area contributed by atoms with Crippen molar-refractivity contribution in [3.8, 4) is 0 Å². The van der Waals surface area contributed by atoms with Crippen molar-refractivity contribution in [1.29, 1.82) is 0 Å². The molecule has 1 aliphatic heterocycles. The van der Waals surface area contributed by atoms with Crippen molar-refractivity contribution in [2.24, 2.45) is 0 Å². The number of hydrogen-bond acceptors (Lipinski definition) is 8. The van der Waals surface area contributed by atoms with E-state index < -0.39 is 22.2 Å². The van der Waals surface area contributed by atoms with Gasteiger partial charge in [-0.3, -0.25) is 4.79 Å². The molecule has 1 fully saturated rings. The van der Waals surface area contributed by atoms with Gasteiger partial charge in [0.25, 0.3) is 10.0 Å². The van der Waals surface area contributed by atoms with Crippen LogP contribution in [0.1, 0.15) is 35.2 Å². The van der Waals surface area contributed by atoms with Gasteiger partial charge >= 0.3 is 5.97 Å². The van der Waals surface area contributed by atoms with E-state index >= 15 is 0 Å². The van der Waals surface area contributed by atoms with Crippen molar-refractivity contribution in [2.75, 3.05) is 30.8 Å². The standard InChI is InChI=1S/C29H29Cl2N5O5S/c1-18-6-8-22(9-7-18)42(39,40)36-12-10-23-27(24(29(38)41-2)16-33-28(23)36)34-25-5-3-4-11-35(25)26(37)17-32-21-14-19(30)13-20(31)15-21/h6-10,12-16,25,32H,3-5,11,17H2,1-2H3,(H,33,34)/t25-/m1/s1. The highest BCUT2D eigenvalue weighted by molar-refractivity contribution is 7.90. The van der Waals surface area contributed by atoms with Gasteiger partial charge in [-0.1, -0.05) is 40.9 Å². The lowest BCUT2D eigenvalue weighted by atomic mass is 10.1. The summed E-state index contributed by atoms with van der Waals surface area (Å²) in [5.41, 5.74) is 2.14. The Kier molecular flexibility index (Phi) is 8.63. The first-order valence-corrected chi connectivity index (χ1v) is 15.4. The van der Waals surface area contributed by atoms with Gasteiger partial charge in [0.05, 0.1) is 24.2 Å². The normalized spacial score (nSPS) is 15.4. The number of fused-ring (bicyclic) bond motifs is 1. The van der Waals surface area contributed by atoms with Crippen molar-refractivity contribution in [3.63, 3.8) is 0 Å². The molecule has 1 amide bonds. The second-order valence-electron chi connectivity index (χ2n) is 9.96. The summed E-state index contributed by atoms with van der Waals surface area (Å²) in [4.78, 5) is 32.3. The molecule has 42 heavy (non-hydrogen) atoms. The lowest BCUT2D eigenvalue weighted by molar-refractivity contribution is -0.132. The minimum absolute atomic E-state index is 0.00433. The summed E-state index contributed by atoms with van der Waals surface area (Å²) in [5, 5.41) is 7.72. The molecule has 220 valence electrons. The molecule has 10 nitrogen and oxygen atoms in total. The number of piperidine rings is 1. The summed E-state index contributed by atoms with van der Waals surface area (Å²) < 4.78 is 33.1. The molecule has 4 aromatic rings. The third kappa shape index (κ3) is 6.04. The number of amides is 1. The number of aromatic nitrogens is 2. The number of esters is 1. The number of halogens is 2. The van der Waals surface area contributed by atoms with E-state index in [1.165, 1.54) is 31.6 Å². The highest BCUT2D eigenvalue weighted by Gasteiger charge is 2.30. The molecule has 1 saturated heterocycles. The quantitative estimate of drug-likeness (QED) is 0.244. The minimum Gasteiger partial charge on any atom is -0.465 e. The van der Waals surface area contributed by atoms with Gasteiger partial charge in [-0.05, 0) is 62.6 Å². The molecule has 1 aliphatic rings. The van der Waals surface area contributed by atoms with Crippen LogP contribution in [0, 0.1) is 6.92 Å². The van der Waals surface area contributed by atoms with Gasteiger partial charge in [0, 0.05) is 40.1 Å². The minimum atomic E-state index is -3.97. The maximum atomic E-state index is 13.5. The van der Waals surface area contributed by atoms with Crippen LogP contribution in [0.15, 0.2) is 65.8 Å². The third-order valence-electron chi connectivity index (χ3n) is 7.10. The second-order valence-corrected chi connectivity index (χ2v) is 12.6. The van der Waals surface area contributed by atoms with Gasteiger partial charge in [0.15, 0.2) is 5.65 Å². The fraction of sp³-hybridized carbons (Fsp3) is 0.276. The molecule has 0 aliphatic carbocycles. The monoisotopic (exact) mass is 629 g/mol. The van der Waals surface area contributed by atoms with Crippen molar-refractivity contribution in [1.82, 2.24) is 13.9 Å². The average molecular weight is 631 g/mol. The number of benzene rings is 2. The molecule has 1 atom stereocenters. The average Bonchev–Trinajstić information content (AvgIpc) is 3.41. The topological polar surface area (TPSA) is 123 Å². The SMILES string of the molecule is COC(=O)c1cnc2c(ccn2S(=O)(=O)c2ccc(C)cc2)c1N[C@H]1CCCCN1C(=O)CNc1cc(Cl)cc(Cl)c1. The van der Waals surface area contributed by atoms with Crippen LogP contribution in [0.5, 0.6) is 0 Å². The van der Waals surface area contributed by atoms with E-state index in [1.54, 1.807) is 41.3 Å². The molecule has 0 radical (unpaired) electrons. The Hall–Kier alpha value is -3.80. The number of anilines is 2. The van der Waals surface area contributed by atoms with Crippen LogP contribution in [0.25, 0.3) is 11.0 Å². The van der Waals surface area contributed by atoms with Crippen LogP contribution in [0.3, 0.4) is 0 Å². The third-order valence-corrected chi connectivity index (χ3v) is 9.22. The van der Waals surface area contributed by atoms with Crippen LogP contribution in [-0.2, 0) is 19.6 Å². The fourth-order valence-electron chi connectivity index (χ4n) is 4.98. The highest BCUT2D eigenvalue weighted by atomic mass is 35.5. The summed E-state index contributed by atoms with van der Waals surface area (Å²) in [5.74, 6) is -0.818. The molecule has 0 unspecified atom stereocenters. The first-order chi connectivity index (χ1) is 20.1. The Morgan fingerprint density at radius 1 is 1.07 bits per heavy atom. The molecular formula is C29H29Cl2N5O5S. The summed E-state index contributed by atoms with van der Waals surface area (Å²) >= 11 is 12.2. The molecule has 13 heteroatoms. The van der Waals surface area contributed by atoms with E-state index in [0.29, 0.717) is 39.8 Å². The number of pyridine rings is 1. The second kappa shape index (κ2) is 12.2. The molecule has 3 heterocycles. The van der Waals surface area contributed by atoms with Crippen molar-refractivity contribution in [2.45, 2.75) is 37.2 Å².